The monoisotopic (exact) mass is 265 g/mol. The predicted molar refractivity (Wildman–Crippen MR) is 77.9 cm³/mol. The molecule has 1 aromatic heterocycles. The first-order valence-electron chi connectivity index (χ1n) is 7.25. The van der Waals surface area contributed by atoms with Gasteiger partial charge >= 0.3 is 0 Å². The van der Waals surface area contributed by atoms with E-state index in [1.807, 2.05) is 12.1 Å². The molecule has 2 rings (SSSR count). The van der Waals surface area contributed by atoms with Gasteiger partial charge in [0.25, 0.3) is 0 Å². The molecule has 4 heteroatoms. The maximum Gasteiger partial charge on any atom is 0.122 e. The van der Waals surface area contributed by atoms with Crippen LogP contribution in [0.25, 0.3) is 0 Å². The Kier molecular flexibility index (Phi) is 5.02. The molecule has 1 aliphatic heterocycles. The molecule has 1 fully saturated rings. The fourth-order valence-corrected chi connectivity index (χ4v) is 3.16. The smallest absolute Gasteiger partial charge is 0.122 e. The lowest BCUT2D eigenvalue weighted by molar-refractivity contribution is 0.0960. The Hall–Kier alpha value is -0.840. The van der Waals surface area contributed by atoms with E-state index in [0.717, 1.165) is 24.8 Å². The van der Waals surface area contributed by atoms with E-state index in [2.05, 4.69) is 30.8 Å². The fourth-order valence-electron chi connectivity index (χ4n) is 3.16. The molecule has 1 aliphatic rings. The standard InChI is InChI=1S/C15H27N3O/c1-12(16)15(14-5-4-10-19-14)18-8-6-13(7-9-18)11-17(2)3/h4-5,10,12-13,15H,6-9,11,16H2,1-3H3. The van der Waals surface area contributed by atoms with Crippen LogP contribution in [0.2, 0.25) is 0 Å². The van der Waals surface area contributed by atoms with Gasteiger partial charge in [-0.1, -0.05) is 0 Å². The molecule has 0 radical (unpaired) electrons. The Bertz CT molecular complexity index is 353. The second kappa shape index (κ2) is 6.55. The molecule has 0 bridgehead atoms. The summed E-state index contributed by atoms with van der Waals surface area (Å²) < 4.78 is 5.57. The highest BCUT2D eigenvalue weighted by atomic mass is 16.3. The van der Waals surface area contributed by atoms with E-state index < -0.39 is 0 Å². The van der Waals surface area contributed by atoms with Crippen molar-refractivity contribution >= 4 is 0 Å². The average Bonchev–Trinajstić information content (AvgIpc) is 2.84. The summed E-state index contributed by atoms with van der Waals surface area (Å²) in [6, 6.07) is 4.30. The van der Waals surface area contributed by atoms with Gasteiger partial charge in [-0.15, -0.1) is 0 Å². The molecule has 0 spiro atoms. The number of nitrogens with zero attached hydrogens (tertiary/aromatic N) is 2. The summed E-state index contributed by atoms with van der Waals surface area (Å²) in [5.74, 6) is 1.82. The van der Waals surface area contributed by atoms with E-state index in [4.69, 9.17) is 10.2 Å². The molecule has 1 aromatic rings. The van der Waals surface area contributed by atoms with Crippen LogP contribution in [-0.2, 0) is 0 Å². The van der Waals surface area contributed by atoms with E-state index in [0.29, 0.717) is 0 Å². The van der Waals surface area contributed by atoms with Gasteiger partial charge in [-0.2, -0.15) is 0 Å². The highest BCUT2D eigenvalue weighted by molar-refractivity contribution is 5.07. The van der Waals surface area contributed by atoms with Crippen molar-refractivity contribution in [1.29, 1.82) is 0 Å². The first-order chi connectivity index (χ1) is 9.08. The van der Waals surface area contributed by atoms with Crippen molar-refractivity contribution in [2.75, 3.05) is 33.7 Å². The zero-order valence-corrected chi connectivity index (χ0v) is 12.4. The first kappa shape index (κ1) is 14.6. The highest BCUT2D eigenvalue weighted by Crippen LogP contribution is 2.29. The van der Waals surface area contributed by atoms with Gasteiger partial charge in [0, 0.05) is 12.6 Å². The lowest BCUT2D eigenvalue weighted by Gasteiger charge is -2.38. The third kappa shape index (κ3) is 3.81. The third-order valence-electron chi connectivity index (χ3n) is 4.00. The maximum absolute atomic E-state index is 6.16. The van der Waals surface area contributed by atoms with Crippen LogP contribution in [0.4, 0.5) is 0 Å². The highest BCUT2D eigenvalue weighted by Gasteiger charge is 2.30. The Morgan fingerprint density at radius 1 is 1.42 bits per heavy atom. The van der Waals surface area contributed by atoms with Gasteiger partial charge in [0.2, 0.25) is 0 Å². The topological polar surface area (TPSA) is 45.6 Å². The number of piperidine rings is 1. The molecule has 0 aromatic carbocycles. The molecule has 19 heavy (non-hydrogen) atoms. The number of rotatable bonds is 5. The van der Waals surface area contributed by atoms with Crippen molar-refractivity contribution in [3.05, 3.63) is 24.2 Å². The summed E-state index contributed by atoms with van der Waals surface area (Å²) in [7, 11) is 4.31. The lowest BCUT2D eigenvalue weighted by Crippen LogP contribution is -2.44. The van der Waals surface area contributed by atoms with Crippen LogP contribution in [0.1, 0.15) is 31.6 Å². The molecule has 4 nitrogen and oxygen atoms in total. The Morgan fingerprint density at radius 2 is 2.11 bits per heavy atom. The van der Waals surface area contributed by atoms with Crippen LogP contribution in [-0.4, -0.2) is 49.6 Å². The van der Waals surface area contributed by atoms with Gasteiger partial charge in [-0.05, 0) is 65.0 Å². The second-order valence-corrected chi connectivity index (χ2v) is 6.06. The van der Waals surface area contributed by atoms with Crippen molar-refractivity contribution in [2.45, 2.75) is 31.8 Å². The van der Waals surface area contributed by atoms with Gasteiger partial charge < -0.3 is 15.1 Å². The SMILES string of the molecule is CC(N)C(c1ccco1)N1CCC(CN(C)C)CC1. The summed E-state index contributed by atoms with van der Waals surface area (Å²) in [6.07, 6.45) is 4.24. The molecule has 108 valence electrons. The molecule has 0 aliphatic carbocycles. The molecule has 2 heterocycles. The predicted octanol–water partition coefficient (Wildman–Crippen LogP) is 1.94. The van der Waals surface area contributed by atoms with Gasteiger partial charge in [0.15, 0.2) is 0 Å². The van der Waals surface area contributed by atoms with Crippen LogP contribution in [0, 0.1) is 5.92 Å². The minimum atomic E-state index is 0.0940. The minimum absolute atomic E-state index is 0.0940. The first-order valence-corrected chi connectivity index (χ1v) is 7.25. The van der Waals surface area contributed by atoms with Crippen molar-refractivity contribution in [3.63, 3.8) is 0 Å². The summed E-state index contributed by atoms with van der Waals surface area (Å²) in [5.41, 5.74) is 6.16. The third-order valence-corrected chi connectivity index (χ3v) is 4.00. The van der Waals surface area contributed by atoms with Crippen LogP contribution in [0.5, 0.6) is 0 Å². The van der Waals surface area contributed by atoms with Crippen molar-refractivity contribution < 1.29 is 4.42 Å². The van der Waals surface area contributed by atoms with Crippen molar-refractivity contribution in [2.24, 2.45) is 11.7 Å². The second-order valence-electron chi connectivity index (χ2n) is 6.06. The molecular formula is C15H27N3O. The summed E-state index contributed by atoms with van der Waals surface area (Å²) in [6.45, 7) is 5.49. The van der Waals surface area contributed by atoms with Gasteiger partial charge in [0.05, 0.1) is 12.3 Å². The van der Waals surface area contributed by atoms with E-state index in [1.165, 1.54) is 19.4 Å². The molecule has 2 atom stereocenters. The molecule has 2 N–H and O–H groups in total. The van der Waals surface area contributed by atoms with Gasteiger partial charge in [0.1, 0.15) is 5.76 Å². The largest absolute Gasteiger partial charge is 0.468 e. The summed E-state index contributed by atoms with van der Waals surface area (Å²) >= 11 is 0. The van der Waals surface area contributed by atoms with E-state index in [-0.39, 0.29) is 12.1 Å². The lowest BCUT2D eigenvalue weighted by atomic mass is 9.93. The maximum atomic E-state index is 6.16. The molecule has 2 unspecified atom stereocenters. The van der Waals surface area contributed by atoms with Crippen LogP contribution in [0.3, 0.4) is 0 Å². The Balaban J connectivity index is 1.95. The van der Waals surface area contributed by atoms with E-state index in [9.17, 15) is 0 Å². The zero-order valence-electron chi connectivity index (χ0n) is 12.4. The molecular weight excluding hydrogens is 238 g/mol. The number of hydrogen-bond acceptors (Lipinski definition) is 4. The van der Waals surface area contributed by atoms with Gasteiger partial charge in [-0.25, -0.2) is 0 Å². The quantitative estimate of drug-likeness (QED) is 0.884. The number of hydrogen-bond donors (Lipinski definition) is 1. The molecule has 1 saturated heterocycles. The minimum Gasteiger partial charge on any atom is -0.468 e. The van der Waals surface area contributed by atoms with Crippen LogP contribution in [0.15, 0.2) is 22.8 Å². The van der Waals surface area contributed by atoms with Crippen LogP contribution < -0.4 is 5.73 Å². The summed E-state index contributed by atoms with van der Waals surface area (Å²) in [5, 5.41) is 0. The summed E-state index contributed by atoms with van der Waals surface area (Å²) in [4.78, 5) is 4.77. The van der Waals surface area contributed by atoms with E-state index in [1.54, 1.807) is 6.26 Å². The normalized spacial score (nSPS) is 21.7. The Morgan fingerprint density at radius 3 is 2.58 bits per heavy atom. The molecule has 0 saturated carbocycles. The number of likely N-dealkylation sites (tertiary alicyclic amines) is 1. The fraction of sp³-hybridized carbons (Fsp3) is 0.733. The zero-order chi connectivity index (χ0) is 13.8. The van der Waals surface area contributed by atoms with Gasteiger partial charge in [-0.3, -0.25) is 4.90 Å². The van der Waals surface area contributed by atoms with E-state index >= 15 is 0 Å². The number of furan rings is 1. The van der Waals surface area contributed by atoms with Crippen molar-refractivity contribution in [1.82, 2.24) is 9.80 Å². The Labute approximate surface area is 116 Å². The number of nitrogens with two attached hydrogens (primary N) is 1. The van der Waals surface area contributed by atoms with Crippen molar-refractivity contribution in [3.8, 4) is 0 Å². The molecule has 0 amide bonds. The van der Waals surface area contributed by atoms with Crippen LogP contribution >= 0.6 is 0 Å². The average molecular weight is 265 g/mol.